The average Bonchev–Trinajstić information content (AvgIpc) is 2.59. The van der Waals surface area contributed by atoms with E-state index >= 15 is 0 Å². The summed E-state index contributed by atoms with van der Waals surface area (Å²) in [4.78, 5) is 4.21. The molecule has 1 N–H and O–H groups in total. The summed E-state index contributed by atoms with van der Waals surface area (Å²) in [5, 5.41) is 3.32. The maximum atomic E-state index is 5.19. The lowest BCUT2D eigenvalue weighted by atomic mass is 10.3. The summed E-state index contributed by atoms with van der Waals surface area (Å²) in [5.41, 5.74) is 0. The third kappa shape index (κ3) is 2.82. The number of likely N-dealkylation sites (N-methyl/N-ethyl adjacent to an activating group) is 1. The maximum Gasteiger partial charge on any atom is 0.105 e. The fourth-order valence-electron chi connectivity index (χ4n) is 1.51. The Morgan fingerprint density at radius 3 is 2.93 bits per heavy atom. The number of aromatic nitrogens is 2. The van der Waals surface area contributed by atoms with Gasteiger partial charge in [-0.15, -0.1) is 0 Å². The van der Waals surface area contributed by atoms with Crippen molar-refractivity contribution in [1.29, 1.82) is 0 Å². The fraction of sp³-hybridized carbons (Fsp3) is 0.700. The van der Waals surface area contributed by atoms with Crippen molar-refractivity contribution in [1.82, 2.24) is 14.9 Å². The van der Waals surface area contributed by atoms with Gasteiger partial charge in [-0.05, 0) is 13.5 Å². The molecule has 0 aromatic carbocycles. The number of hydrogen-bond donors (Lipinski definition) is 1. The van der Waals surface area contributed by atoms with E-state index in [-0.39, 0.29) is 0 Å². The van der Waals surface area contributed by atoms with Gasteiger partial charge in [0.25, 0.3) is 0 Å². The predicted molar refractivity (Wildman–Crippen MR) is 56.4 cm³/mol. The molecule has 0 radical (unpaired) electrons. The molecule has 0 saturated heterocycles. The molecule has 0 fully saturated rings. The van der Waals surface area contributed by atoms with Gasteiger partial charge in [0.2, 0.25) is 0 Å². The van der Waals surface area contributed by atoms with Gasteiger partial charge < -0.3 is 14.6 Å². The summed E-state index contributed by atoms with van der Waals surface area (Å²) in [6.07, 6.45) is 3.82. The minimum absolute atomic E-state index is 0.336. The first-order valence-electron chi connectivity index (χ1n) is 4.98. The van der Waals surface area contributed by atoms with Crippen LogP contribution in [0.25, 0.3) is 0 Å². The lowest BCUT2D eigenvalue weighted by Gasteiger charge is -2.19. The Morgan fingerprint density at radius 2 is 2.43 bits per heavy atom. The number of imidazole rings is 1. The minimum Gasteiger partial charge on any atom is -0.382 e. The smallest absolute Gasteiger partial charge is 0.105 e. The molecule has 0 bridgehead atoms. The van der Waals surface area contributed by atoms with Crippen LogP contribution in [0.1, 0.15) is 18.8 Å². The number of nitrogens with one attached hydrogen (secondary N) is 1. The normalized spacial score (nSPS) is 13.1. The van der Waals surface area contributed by atoms with Crippen molar-refractivity contribution < 1.29 is 4.74 Å². The Balaban J connectivity index is 2.62. The molecule has 4 nitrogen and oxygen atoms in total. The molecule has 14 heavy (non-hydrogen) atoms. The Morgan fingerprint density at radius 1 is 1.64 bits per heavy atom. The van der Waals surface area contributed by atoms with Gasteiger partial charge in [-0.3, -0.25) is 0 Å². The highest BCUT2D eigenvalue weighted by Gasteiger charge is 2.11. The Bertz CT molecular complexity index is 260. The zero-order chi connectivity index (χ0) is 10.4. The molecule has 1 atom stereocenters. The Labute approximate surface area is 85.3 Å². The molecule has 1 rings (SSSR count). The molecule has 0 saturated carbocycles. The zero-order valence-electron chi connectivity index (χ0n) is 9.16. The number of nitrogens with zero attached hydrogens (tertiary/aromatic N) is 2. The van der Waals surface area contributed by atoms with Gasteiger partial charge in [-0.25, -0.2) is 4.98 Å². The molecule has 1 aromatic rings. The average molecular weight is 197 g/mol. The lowest BCUT2D eigenvalue weighted by Crippen LogP contribution is -2.28. The quantitative estimate of drug-likeness (QED) is 0.739. The van der Waals surface area contributed by atoms with Gasteiger partial charge in [-0.2, -0.15) is 0 Å². The van der Waals surface area contributed by atoms with E-state index in [4.69, 9.17) is 4.74 Å². The van der Waals surface area contributed by atoms with Gasteiger partial charge in [0.15, 0.2) is 0 Å². The molecule has 80 valence electrons. The number of aryl methyl sites for hydroxylation is 1. The van der Waals surface area contributed by atoms with Gasteiger partial charge in [0, 0.05) is 26.0 Å². The Kier molecular flexibility index (Phi) is 4.62. The van der Waals surface area contributed by atoms with E-state index in [1.54, 1.807) is 7.11 Å². The van der Waals surface area contributed by atoms with Crippen LogP contribution in [0.15, 0.2) is 12.4 Å². The summed E-state index contributed by atoms with van der Waals surface area (Å²) >= 11 is 0. The molecule has 0 amide bonds. The number of rotatable bonds is 6. The van der Waals surface area contributed by atoms with E-state index in [1.807, 2.05) is 19.3 Å². The first kappa shape index (κ1) is 11.2. The van der Waals surface area contributed by atoms with E-state index in [1.165, 1.54) is 0 Å². The lowest BCUT2D eigenvalue weighted by molar-refractivity contribution is 0.153. The van der Waals surface area contributed by atoms with Gasteiger partial charge in [0.05, 0.1) is 12.6 Å². The van der Waals surface area contributed by atoms with Crippen LogP contribution in [-0.4, -0.2) is 36.4 Å². The molecule has 1 unspecified atom stereocenters. The molecule has 0 aliphatic heterocycles. The van der Waals surface area contributed by atoms with Crippen molar-refractivity contribution in [3.8, 4) is 0 Å². The molecule has 1 aromatic heterocycles. The predicted octanol–water partition coefficient (Wildman–Crippen LogP) is 0.989. The summed E-state index contributed by atoms with van der Waals surface area (Å²) in [5.74, 6) is 1.03. The van der Waals surface area contributed by atoms with Gasteiger partial charge >= 0.3 is 0 Å². The molecular weight excluding hydrogens is 178 g/mol. The fourth-order valence-corrected chi connectivity index (χ4v) is 1.51. The highest BCUT2D eigenvalue weighted by molar-refractivity contribution is 4.92. The number of hydrogen-bond acceptors (Lipinski definition) is 3. The third-order valence-electron chi connectivity index (χ3n) is 2.24. The standard InChI is InChI=1S/C10H19N3O/c1-4-11-7-10(8-14-3)13-6-5-12-9(13)2/h5-6,10-11H,4,7-8H2,1-3H3. The molecule has 1 heterocycles. The van der Waals surface area contributed by atoms with Crippen LogP contribution in [0, 0.1) is 6.92 Å². The second-order valence-electron chi connectivity index (χ2n) is 3.30. The van der Waals surface area contributed by atoms with Crippen molar-refractivity contribution in [2.45, 2.75) is 19.9 Å². The van der Waals surface area contributed by atoms with E-state index < -0.39 is 0 Å². The summed E-state index contributed by atoms with van der Waals surface area (Å²) in [7, 11) is 1.73. The van der Waals surface area contributed by atoms with Crippen LogP contribution in [0.4, 0.5) is 0 Å². The molecule has 0 spiro atoms. The Hall–Kier alpha value is -0.870. The van der Waals surface area contributed by atoms with Crippen LogP contribution in [0.2, 0.25) is 0 Å². The van der Waals surface area contributed by atoms with Crippen LogP contribution in [-0.2, 0) is 4.74 Å². The number of ether oxygens (including phenoxy) is 1. The first-order valence-corrected chi connectivity index (χ1v) is 4.98. The van der Waals surface area contributed by atoms with Crippen LogP contribution in [0.3, 0.4) is 0 Å². The van der Waals surface area contributed by atoms with Crippen LogP contribution >= 0.6 is 0 Å². The largest absolute Gasteiger partial charge is 0.382 e. The van der Waals surface area contributed by atoms with Crippen molar-refractivity contribution in [2.75, 3.05) is 26.8 Å². The highest BCUT2D eigenvalue weighted by Crippen LogP contribution is 2.08. The van der Waals surface area contributed by atoms with Crippen LogP contribution < -0.4 is 5.32 Å². The van der Waals surface area contributed by atoms with Gasteiger partial charge in [0.1, 0.15) is 5.82 Å². The summed E-state index contributed by atoms with van der Waals surface area (Å²) in [6, 6.07) is 0.336. The highest BCUT2D eigenvalue weighted by atomic mass is 16.5. The van der Waals surface area contributed by atoms with Crippen LogP contribution in [0.5, 0.6) is 0 Å². The van der Waals surface area contributed by atoms with E-state index in [0.29, 0.717) is 12.6 Å². The minimum atomic E-state index is 0.336. The monoisotopic (exact) mass is 197 g/mol. The summed E-state index contributed by atoms with van der Waals surface area (Å²) < 4.78 is 7.34. The van der Waals surface area contributed by atoms with Crippen molar-refractivity contribution in [3.05, 3.63) is 18.2 Å². The zero-order valence-corrected chi connectivity index (χ0v) is 9.16. The van der Waals surface area contributed by atoms with E-state index in [9.17, 15) is 0 Å². The van der Waals surface area contributed by atoms with E-state index in [2.05, 4.69) is 21.8 Å². The second-order valence-corrected chi connectivity index (χ2v) is 3.30. The van der Waals surface area contributed by atoms with Crippen molar-refractivity contribution in [3.63, 3.8) is 0 Å². The van der Waals surface area contributed by atoms with E-state index in [0.717, 1.165) is 18.9 Å². The van der Waals surface area contributed by atoms with Crippen molar-refractivity contribution in [2.24, 2.45) is 0 Å². The number of methoxy groups -OCH3 is 1. The summed E-state index contributed by atoms with van der Waals surface area (Å²) in [6.45, 7) is 6.72. The molecular formula is C10H19N3O. The van der Waals surface area contributed by atoms with Gasteiger partial charge in [-0.1, -0.05) is 6.92 Å². The third-order valence-corrected chi connectivity index (χ3v) is 2.24. The molecule has 0 aliphatic carbocycles. The maximum absolute atomic E-state index is 5.19. The topological polar surface area (TPSA) is 39.1 Å². The van der Waals surface area contributed by atoms with Crippen molar-refractivity contribution >= 4 is 0 Å². The SMILES string of the molecule is CCNCC(COC)n1ccnc1C. The second kappa shape index (κ2) is 5.78. The first-order chi connectivity index (χ1) is 6.79. The molecule has 0 aliphatic rings. The molecule has 4 heteroatoms.